The van der Waals surface area contributed by atoms with Gasteiger partial charge in [0, 0.05) is 18.2 Å². The molecular formula is C12H17NO3. The normalized spacial score (nSPS) is 10.5. The summed E-state index contributed by atoms with van der Waals surface area (Å²) < 4.78 is 10.3. The van der Waals surface area contributed by atoms with E-state index in [1.807, 2.05) is 19.9 Å². The number of hydrogen-bond acceptors (Lipinski definition) is 4. The van der Waals surface area contributed by atoms with Gasteiger partial charge in [-0.3, -0.25) is 4.79 Å². The van der Waals surface area contributed by atoms with Crippen LogP contribution >= 0.6 is 0 Å². The van der Waals surface area contributed by atoms with Gasteiger partial charge in [-0.05, 0) is 11.6 Å². The van der Waals surface area contributed by atoms with Gasteiger partial charge in [0.25, 0.3) is 0 Å². The molecule has 0 atom stereocenters. The maximum absolute atomic E-state index is 11.3. The Morgan fingerprint density at radius 3 is 2.88 bits per heavy atom. The third-order valence-electron chi connectivity index (χ3n) is 2.17. The largest absolute Gasteiger partial charge is 0.481 e. The summed E-state index contributed by atoms with van der Waals surface area (Å²) >= 11 is 0. The lowest BCUT2D eigenvalue weighted by molar-refractivity contribution is -0.126. The molecule has 1 rings (SSSR count). The number of ketones is 1. The van der Waals surface area contributed by atoms with Crippen molar-refractivity contribution in [2.45, 2.75) is 20.5 Å². The zero-order valence-corrected chi connectivity index (χ0v) is 9.90. The molecule has 0 aliphatic carbocycles. The highest BCUT2D eigenvalue weighted by molar-refractivity contribution is 5.81. The summed E-state index contributed by atoms with van der Waals surface area (Å²) in [5.74, 6) is 0.685. The van der Waals surface area contributed by atoms with Gasteiger partial charge in [-0.1, -0.05) is 13.8 Å². The zero-order valence-electron chi connectivity index (χ0n) is 9.90. The average molecular weight is 223 g/mol. The fraction of sp³-hybridized carbons (Fsp3) is 0.500. The van der Waals surface area contributed by atoms with Gasteiger partial charge in [0.2, 0.25) is 5.88 Å². The predicted octanol–water partition coefficient (Wildman–Crippen LogP) is 1.83. The van der Waals surface area contributed by atoms with Gasteiger partial charge in [0.15, 0.2) is 5.78 Å². The molecular weight excluding hydrogens is 206 g/mol. The highest BCUT2D eigenvalue weighted by atomic mass is 16.5. The highest BCUT2D eigenvalue weighted by Gasteiger charge is 2.07. The van der Waals surface area contributed by atoms with Crippen LogP contribution in [0.4, 0.5) is 0 Å². The predicted molar refractivity (Wildman–Crippen MR) is 60.3 cm³/mol. The van der Waals surface area contributed by atoms with E-state index in [1.54, 1.807) is 19.4 Å². The van der Waals surface area contributed by atoms with Crippen LogP contribution in [-0.4, -0.2) is 24.5 Å². The average Bonchev–Trinajstić information content (AvgIpc) is 2.29. The van der Waals surface area contributed by atoms with Crippen molar-refractivity contribution >= 4 is 5.78 Å². The highest BCUT2D eigenvalue weighted by Crippen LogP contribution is 2.09. The standard InChI is InChI=1S/C12H17NO3/c1-9(2)11(14)8-16-7-10-4-5-13-12(6-10)15-3/h4-6,9H,7-8H2,1-3H3. The summed E-state index contributed by atoms with van der Waals surface area (Å²) in [7, 11) is 1.56. The number of carbonyl (C=O) groups excluding carboxylic acids is 1. The lowest BCUT2D eigenvalue weighted by Gasteiger charge is -2.06. The van der Waals surface area contributed by atoms with Gasteiger partial charge >= 0.3 is 0 Å². The number of pyridine rings is 1. The number of hydrogen-bond donors (Lipinski definition) is 0. The molecule has 4 nitrogen and oxygen atoms in total. The zero-order chi connectivity index (χ0) is 12.0. The smallest absolute Gasteiger partial charge is 0.213 e. The molecule has 0 aliphatic heterocycles. The Hall–Kier alpha value is -1.42. The van der Waals surface area contributed by atoms with Gasteiger partial charge < -0.3 is 9.47 Å². The van der Waals surface area contributed by atoms with Crippen LogP contribution in [0.5, 0.6) is 5.88 Å². The van der Waals surface area contributed by atoms with Crippen LogP contribution < -0.4 is 4.74 Å². The summed E-state index contributed by atoms with van der Waals surface area (Å²) in [5.41, 5.74) is 0.948. The second kappa shape index (κ2) is 6.23. The van der Waals surface area contributed by atoms with Crippen molar-refractivity contribution in [1.29, 1.82) is 0 Å². The van der Waals surface area contributed by atoms with E-state index in [9.17, 15) is 4.79 Å². The van der Waals surface area contributed by atoms with Crippen molar-refractivity contribution < 1.29 is 14.3 Å². The van der Waals surface area contributed by atoms with Gasteiger partial charge in [-0.2, -0.15) is 0 Å². The summed E-state index contributed by atoms with van der Waals surface area (Å²) in [6.07, 6.45) is 1.65. The van der Waals surface area contributed by atoms with Gasteiger partial charge in [-0.25, -0.2) is 4.98 Å². The van der Waals surface area contributed by atoms with Crippen LogP contribution in [0.2, 0.25) is 0 Å². The number of rotatable bonds is 6. The third kappa shape index (κ3) is 3.98. The van der Waals surface area contributed by atoms with Gasteiger partial charge in [-0.15, -0.1) is 0 Å². The Balaban J connectivity index is 2.40. The quantitative estimate of drug-likeness (QED) is 0.738. The minimum absolute atomic E-state index is 0.0203. The Morgan fingerprint density at radius 2 is 2.25 bits per heavy atom. The van der Waals surface area contributed by atoms with Crippen molar-refractivity contribution in [3.63, 3.8) is 0 Å². The summed E-state index contributed by atoms with van der Waals surface area (Å²) in [6.45, 7) is 4.28. The molecule has 0 amide bonds. The van der Waals surface area contributed by atoms with E-state index in [-0.39, 0.29) is 18.3 Å². The van der Waals surface area contributed by atoms with Gasteiger partial charge in [0.1, 0.15) is 6.61 Å². The van der Waals surface area contributed by atoms with E-state index >= 15 is 0 Å². The molecule has 0 fully saturated rings. The van der Waals surface area contributed by atoms with E-state index in [1.165, 1.54) is 0 Å². The van der Waals surface area contributed by atoms with Crippen LogP contribution in [0.1, 0.15) is 19.4 Å². The number of Topliss-reactive ketones (excluding diaryl/α,β-unsaturated/α-hetero) is 1. The van der Waals surface area contributed by atoms with E-state index in [0.717, 1.165) is 5.56 Å². The minimum Gasteiger partial charge on any atom is -0.481 e. The Bertz CT molecular complexity index is 350. The monoisotopic (exact) mass is 223 g/mol. The number of carbonyl (C=O) groups is 1. The van der Waals surface area contributed by atoms with E-state index < -0.39 is 0 Å². The SMILES string of the molecule is COc1cc(COCC(=O)C(C)C)ccn1. The van der Waals surface area contributed by atoms with E-state index in [2.05, 4.69) is 4.98 Å². The van der Waals surface area contributed by atoms with E-state index in [4.69, 9.17) is 9.47 Å². The van der Waals surface area contributed by atoms with Crippen LogP contribution in [0, 0.1) is 5.92 Å². The van der Waals surface area contributed by atoms with Crippen LogP contribution in [0.3, 0.4) is 0 Å². The molecule has 88 valence electrons. The van der Waals surface area contributed by atoms with Gasteiger partial charge in [0.05, 0.1) is 13.7 Å². The second-order valence-corrected chi connectivity index (χ2v) is 3.82. The first-order chi connectivity index (χ1) is 7.63. The van der Waals surface area contributed by atoms with Crippen molar-refractivity contribution in [2.75, 3.05) is 13.7 Å². The molecule has 1 aromatic heterocycles. The van der Waals surface area contributed by atoms with Crippen LogP contribution in [0.15, 0.2) is 18.3 Å². The Morgan fingerprint density at radius 1 is 1.50 bits per heavy atom. The molecule has 0 bridgehead atoms. The van der Waals surface area contributed by atoms with Crippen molar-refractivity contribution in [2.24, 2.45) is 5.92 Å². The molecule has 1 heterocycles. The summed E-state index contributed by atoms with van der Waals surface area (Å²) in [4.78, 5) is 15.3. The maximum Gasteiger partial charge on any atom is 0.213 e. The first kappa shape index (κ1) is 12.6. The minimum atomic E-state index is 0.0203. The number of aromatic nitrogens is 1. The molecule has 0 N–H and O–H groups in total. The lowest BCUT2D eigenvalue weighted by atomic mass is 10.1. The maximum atomic E-state index is 11.3. The summed E-state index contributed by atoms with van der Waals surface area (Å²) in [5, 5.41) is 0. The molecule has 0 aromatic carbocycles. The molecule has 0 saturated carbocycles. The lowest BCUT2D eigenvalue weighted by Crippen LogP contribution is -2.14. The number of nitrogens with zero attached hydrogens (tertiary/aromatic N) is 1. The second-order valence-electron chi connectivity index (χ2n) is 3.82. The molecule has 1 aromatic rings. The molecule has 0 saturated heterocycles. The number of ether oxygens (including phenoxy) is 2. The van der Waals surface area contributed by atoms with Crippen LogP contribution in [0.25, 0.3) is 0 Å². The molecule has 16 heavy (non-hydrogen) atoms. The topological polar surface area (TPSA) is 48.4 Å². The molecule has 4 heteroatoms. The Kier molecular flexibility index (Phi) is 4.92. The van der Waals surface area contributed by atoms with Crippen molar-refractivity contribution in [3.05, 3.63) is 23.9 Å². The van der Waals surface area contributed by atoms with E-state index in [0.29, 0.717) is 12.5 Å². The van der Waals surface area contributed by atoms with Crippen LogP contribution in [-0.2, 0) is 16.1 Å². The Labute approximate surface area is 95.6 Å². The first-order valence-corrected chi connectivity index (χ1v) is 5.23. The molecule has 0 radical (unpaired) electrons. The first-order valence-electron chi connectivity index (χ1n) is 5.23. The number of methoxy groups -OCH3 is 1. The molecule has 0 unspecified atom stereocenters. The fourth-order valence-corrected chi connectivity index (χ4v) is 1.09. The summed E-state index contributed by atoms with van der Waals surface area (Å²) in [6, 6.07) is 3.63. The fourth-order valence-electron chi connectivity index (χ4n) is 1.09. The van der Waals surface area contributed by atoms with Crippen molar-refractivity contribution in [1.82, 2.24) is 4.98 Å². The van der Waals surface area contributed by atoms with Crippen molar-refractivity contribution in [3.8, 4) is 5.88 Å². The third-order valence-corrected chi connectivity index (χ3v) is 2.17. The molecule has 0 aliphatic rings. The molecule has 0 spiro atoms.